The third kappa shape index (κ3) is 14.1. The molecule has 1 aromatic heterocycles. The summed E-state index contributed by atoms with van der Waals surface area (Å²) in [5, 5.41) is 56.3. The van der Waals surface area contributed by atoms with Gasteiger partial charge in [-0.05, 0) is 105 Å². The van der Waals surface area contributed by atoms with Crippen molar-refractivity contribution in [3.05, 3.63) is 41.7 Å². The molecule has 6 rings (SSSR count). The minimum Gasteiger partial charge on any atom is -0.459 e. The van der Waals surface area contributed by atoms with Gasteiger partial charge in [0.05, 0.1) is 53.8 Å². The smallest absolute Gasteiger partial charge is 0.414 e. The third-order valence-corrected chi connectivity index (χ3v) is 16.7. The average Bonchev–Trinajstić information content (AvgIpc) is 4.03. The molecule has 1 aromatic carbocycles. The summed E-state index contributed by atoms with van der Waals surface area (Å²) >= 11 is 0. The number of ether oxygens (including phenoxy) is 8. The van der Waals surface area contributed by atoms with E-state index in [0.717, 1.165) is 0 Å². The summed E-state index contributed by atoms with van der Waals surface area (Å²) in [6.45, 7) is 18.9. The highest BCUT2D eigenvalue weighted by atomic mass is 19.1. The molecule has 5 heterocycles. The van der Waals surface area contributed by atoms with E-state index in [-0.39, 0.29) is 37.3 Å². The van der Waals surface area contributed by atoms with Crippen molar-refractivity contribution in [1.29, 1.82) is 0 Å². The molecule has 20 nitrogen and oxygen atoms in total. The minimum atomic E-state index is -1.83. The lowest BCUT2D eigenvalue weighted by molar-refractivity contribution is -0.308. The number of carbonyl (C=O) groups is 2. The van der Waals surface area contributed by atoms with Gasteiger partial charge in [0.2, 0.25) is 0 Å². The zero-order chi connectivity index (χ0) is 55.3. The van der Waals surface area contributed by atoms with E-state index in [9.17, 15) is 34.4 Å². The van der Waals surface area contributed by atoms with Gasteiger partial charge in [-0.2, -0.15) is 0 Å². The van der Waals surface area contributed by atoms with Crippen molar-refractivity contribution in [3.63, 3.8) is 0 Å². The maximum atomic E-state index is 14.9. The molecule has 19 atom stereocenters. The number of hydrogen-bond donors (Lipinski definition) is 4. The Morgan fingerprint density at radius 3 is 2.25 bits per heavy atom. The fourth-order valence-electron chi connectivity index (χ4n) is 12.0. The zero-order valence-electron chi connectivity index (χ0n) is 46.8. The highest BCUT2D eigenvalue weighted by Gasteiger charge is 2.52. The van der Waals surface area contributed by atoms with Crippen LogP contribution in [-0.2, 0) is 49.1 Å². The number of alkyl halides is 1. The molecule has 4 fully saturated rings. The summed E-state index contributed by atoms with van der Waals surface area (Å²) in [6.07, 6.45) is -5.24. The predicted octanol–water partition coefficient (Wildman–Crippen LogP) is 4.99. The molecule has 4 N–H and O–H groups in total. The van der Waals surface area contributed by atoms with Gasteiger partial charge in [-0.1, -0.05) is 38.1 Å². The van der Waals surface area contributed by atoms with Gasteiger partial charge in [-0.15, -0.1) is 5.10 Å². The zero-order valence-corrected chi connectivity index (χ0v) is 46.8. The third-order valence-electron chi connectivity index (χ3n) is 16.7. The van der Waals surface area contributed by atoms with Crippen LogP contribution in [0.1, 0.15) is 125 Å². The van der Waals surface area contributed by atoms with Crippen LogP contribution in [0.4, 0.5) is 14.9 Å². The van der Waals surface area contributed by atoms with Crippen LogP contribution < -0.4 is 4.90 Å². The Balaban J connectivity index is 1.23. The molecule has 4 saturated heterocycles. The Morgan fingerprint density at radius 2 is 1.64 bits per heavy atom. The first-order chi connectivity index (χ1) is 35.3. The van der Waals surface area contributed by atoms with E-state index in [0.29, 0.717) is 62.4 Å². The van der Waals surface area contributed by atoms with Gasteiger partial charge in [0.25, 0.3) is 0 Å². The molecule has 0 spiro atoms. The second kappa shape index (κ2) is 25.6. The molecule has 0 saturated carbocycles. The molecule has 21 heteroatoms. The number of carbonyl (C=O) groups excluding carboxylic acids is 2. The minimum absolute atomic E-state index is 0.0337. The molecular formula is C54H89FN6O14. The van der Waals surface area contributed by atoms with E-state index in [2.05, 4.69) is 15.2 Å². The summed E-state index contributed by atoms with van der Waals surface area (Å²) in [5.74, 6) is -2.60. The van der Waals surface area contributed by atoms with E-state index in [1.165, 1.54) is 25.8 Å². The van der Waals surface area contributed by atoms with Crippen molar-refractivity contribution < 1.29 is 72.3 Å². The number of esters is 1. The van der Waals surface area contributed by atoms with Crippen molar-refractivity contribution in [2.45, 2.75) is 204 Å². The van der Waals surface area contributed by atoms with Gasteiger partial charge in [0.15, 0.2) is 12.6 Å². The molecule has 4 aliphatic heterocycles. The Hall–Kier alpha value is -3.45. The molecule has 0 radical (unpaired) electrons. The van der Waals surface area contributed by atoms with Crippen molar-refractivity contribution in [3.8, 4) is 0 Å². The highest BCUT2D eigenvalue weighted by Crippen LogP contribution is 2.41. The first-order valence-electron chi connectivity index (χ1n) is 26.9. The van der Waals surface area contributed by atoms with Crippen molar-refractivity contribution in [1.82, 2.24) is 24.8 Å². The Morgan fingerprint density at radius 1 is 0.947 bits per heavy atom. The van der Waals surface area contributed by atoms with E-state index in [1.807, 2.05) is 58.8 Å². The quantitative estimate of drug-likeness (QED) is 0.162. The first-order valence-corrected chi connectivity index (χ1v) is 26.9. The first kappa shape index (κ1) is 60.8. The second-order valence-corrected chi connectivity index (χ2v) is 22.8. The molecule has 0 unspecified atom stereocenters. The van der Waals surface area contributed by atoms with E-state index >= 15 is 0 Å². The van der Waals surface area contributed by atoms with E-state index < -0.39 is 115 Å². The van der Waals surface area contributed by atoms with Crippen LogP contribution in [0.2, 0.25) is 0 Å². The summed E-state index contributed by atoms with van der Waals surface area (Å²) in [5.41, 5.74) is -2.37. The van der Waals surface area contributed by atoms with Crippen LogP contribution in [-0.4, -0.2) is 203 Å². The van der Waals surface area contributed by atoms with E-state index in [1.54, 1.807) is 57.8 Å². The van der Waals surface area contributed by atoms with Gasteiger partial charge in [-0.3, -0.25) is 9.69 Å². The molecule has 0 aliphatic carbocycles. The number of hydrogen-bond acceptors (Lipinski definition) is 18. The van der Waals surface area contributed by atoms with Gasteiger partial charge >= 0.3 is 12.1 Å². The summed E-state index contributed by atoms with van der Waals surface area (Å²) < 4.78 is 65.9. The van der Waals surface area contributed by atoms with E-state index in [4.69, 9.17) is 37.9 Å². The highest BCUT2D eigenvalue weighted by molar-refractivity contribution is 5.89. The summed E-state index contributed by atoms with van der Waals surface area (Å²) in [4.78, 5) is 32.3. The van der Waals surface area contributed by atoms with Crippen molar-refractivity contribution in [2.75, 3.05) is 66.1 Å². The maximum Gasteiger partial charge on any atom is 0.414 e. The topological polar surface area (TPSA) is 229 Å². The normalized spacial score (nSPS) is 38.9. The number of aliphatic hydroxyl groups excluding tert-OH is 2. The fraction of sp³-hybridized carbons (Fsp3) is 0.815. The number of aliphatic hydroxyl groups is 4. The Bertz CT molecular complexity index is 2140. The lowest BCUT2D eigenvalue weighted by Crippen LogP contribution is -2.59. The van der Waals surface area contributed by atoms with Crippen LogP contribution >= 0.6 is 0 Å². The van der Waals surface area contributed by atoms with Gasteiger partial charge in [0.1, 0.15) is 49.3 Å². The van der Waals surface area contributed by atoms with Crippen molar-refractivity contribution in [2.24, 2.45) is 17.8 Å². The predicted molar refractivity (Wildman–Crippen MR) is 275 cm³/mol. The number of anilines is 1. The summed E-state index contributed by atoms with van der Waals surface area (Å²) in [6, 6.07) is 5.80. The van der Waals surface area contributed by atoms with Crippen LogP contribution in [0.15, 0.2) is 30.5 Å². The van der Waals surface area contributed by atoms with Crippen LogP contribution in [0.5, 0.6) is 0 Å². The maximum absolute atomic E-state index is 14.9. The monoisotopic (exact) mass is 1060 g/mol. The molecule has 75 heavy (non-hydrogen) atoms. The van der Waals surface area contributed by atoms with Crippen molar-refractivity contribution >= 4 is 17.7 Å². The lowest BCUT2D eigenvalue weighted by Gasteiger charge is -2.48. The number of aromatic nitrogens is 3. The average molecular weight is 1070 g/mol. The molecule has 2 aromatic rings. The summed E-state index contributed by atoms with van der Waals surface area (Å²) in [7, 11) is 6.91. The molecule has 1 amide bonds. The molecular weight excluding hydrogens is 976 g/mol. The molecule has 0 bridgehead atoms. The molecule has 426 valence electrons. The SMILES string of the molecule is CC[C@H]1OC(=O)[C@H](C)[C@@H](O[C@H]2C[C@@](C)(OC)[C@@H](O)[C@H](C)O2)[C@H](C)[C@@H](O[C@H]2C[C@@H](N(C)CCc3cn([C@H](CF)[C@H](OC)c4ccc(N5CCOC5=O)cc4)nn3)C[C@@H](C)O2)[C@](C)(O)C[C@@H](C)CN(C)[C@H](C)[C@@H](O)[C@]1(C)O. The number of amides is 1. The number of halogens is 1. The fourth-order valence-corrected chi connectivity index (χ4v) is 12.0. The van der Waals surface area contributed by atoms with Crippen LogP contribution in [0.3, 0.4) is 0 Å². The molecule has 4 aliphatic rings. The number of nitrogens with zero attached hydrogens (tertiary/aromatic N) is 6. The Kier molecular flexibility index (Phi) is 20.7. The van der Waals surface area contributed by atoms with Gasteiger partial charge in [-0.25, -0.2) is 13.9 Å². The van der Waals surface area contributed by atoms with Gasteiger partial charge < -0.3 is 68.1 Å². The number of likely N-dealkylation sites (N-methyl/N-ethyl adjacent to an activating group) is 2. The van der Waals surface area contributed by atoms with Crippen LogP contribution in [0, 0.1) is 17.8 Å². The second-order valence-electron chi connectivity index (χ2n) is 22.8. The standard InChI is InChI=1S/C54H89FN6O14/c1-15-42-54(10,67)47(62)35(6)59(12)29-31(2)26-52(8,66)49(33(4)45(34(5)50(64)73-42)74-44-27-53(9,69-14)48(63)36(7)72-44)75-43-25-40(24-32(3)71-43)58(11)21-20-38-30-61(57-56-38)41(28-55)46(68-13)37-16-18-39(19-17-37)60-22-23-70-51(60)65/h16-19,30-36,40-49,62-63,66-67H,15,20-29H2,1-14H3/t31-,32-,33+,34-,35-,36+,40+,41-,42-,43+,44+,45+,46-,47-,48+,49-,52-,53-,54-/m1/s1. The lowest BCUT2D eigenvalue weighted by atomic mass is 9.77. The largest absolute Gasteiger partial charge is 0.459 e. The number of rotatable bonds is 16. The van der Waals surface area contributed by atoms with Gasteiger partial charge in [0, 0.05) is 76.5 Å². The van der Waals surface area contributed by atoms with Crippen LogP contribution in [0.25, 0.3) is 0 Å². The Labute approximate surface area is 443 Å². The number of cyclic esters (lactones) is 2. The number of benzene rings is 1. The number of methoxy groups -OCH3 is 2.